The number of hydrogen-bond acceptors (Lipinski definition) is 9. The fourth-order valence-corrected chi connectivity index (χ4v) is 6.55. The van der Waals surface area contributed by atoms with E-state index in [1.807, 2.05) is 109 Å². The van der Waals surface area contributed by atoms with Gasteiger partial charge in [0.15, 0.2) is 6.61 Å². The summed E-state index contributed by atoms with van der Waals surface area (Å²) in [5, 5.41) is 15.5. The smallest absolute Gasteiger partial charge is 0.338 e. The molecule has 1 N–H and O–H groups in total. The number of nitrogens with zero attached hydrogens (tertiary/aromatic N) is 4. The average Bonchev–Trinajstić information content (AvgIpc) is 3.89. The number of rotatable bonds is 12. The van der Waals surface area contributed by atoms with Gasteiger partial charge in [0.05, 0.1) is 49.8 Å². The summed E-state index contributed by atoms with van der Waals surface area (Å²) in [7, 11) is 3.21. The van der Waals surface area contributed by atoms with Crippen molar-refractivity contribution in [3.05, 3.63) is 161 Å². The third kappa shape index (κ3) is 8.00. The van der Waals surface area contributed by atoms with Gasteiger partial charge in [-0.25, -0.2) is 14.8 Å². The molecule has 0 bridgehead atoms. The predicted molar refractivity (Wildman–Crippen MR) is 206 cm³/mol. The quantitative estimate of drug-likeness (QED) is 0.137. The molecule has 2 atom stereocenters. The largest absolute Gasteiger partial charge is 0.497 e. The normalized spacial score (nSPS) is 16.3. The fourth-order valence-electron chi connectivity index (χ4n) is 6.55. The van der Waals surface area contributed by atoms with Crippen molar-refractivity contribution in [2.45, 2.75) is 24.9 Å². The highest BCUT2D eigenvalue weighted by Crippen LogP contribution is 2.35. The van der Waals surface area contributed by atoms with E-state index in [1.165, 1.54) is 10.0 Å². The van der Waals surface area contributed by atoms with Gasteiger partial charge in [-0.15, -0.1) is 0 Å². The molecular formula is C43H39N5O6. The molecule has 0 fully saturated rings. The minimum atomic E-state index is -0.679. The van der Waals surface area contributed by atoms with Gasteiger partial charge in [0.25, 0.3) is 11.8 Å². The Hall–Kier alpha value is -6.75. The number of hydrogen-bond donors (Lipinski definition) is 1. The van der Waals surface area contributed by atoms with Gasteiger partial charge in [0.1, 0.15) is 11.5 Å². The Bertz CT molecular complexity index is 2170. The zero-order valence-corrected chi connectivity index (χ0v) is 29.9. The van der Waals surface area contributed by atoms with Gasteiger partial charge in [-0.05, 0) is 64.7 Å². The average molecular weight is 722 g/mol. The molecule has 0 unspecified atom stereocenters. The molecule has 272 valence electrons. The number of ether oxygens (including phenoxy) is 3. The molecule has 7 rings (SSSR count). The second kappa shape index (κ2) is 16.3. The molecule has 0 saturated heterocycles. The maximum absolute atomic E-state index is 13.7. The third-order valence-corrected chi connectivity index (χ3v) is 9.42. The number of methoxy groups -OCH3 is 2. The highest BCUT2D eigenvalue weighted by molar-refractivity contribution is 6.04. The van der Waals surface area contributed by atoms with E-state index in [0.717, 1.165) is 39.4 Å². The molecule has 2 amide bonds. The van der Waals surface area contributed by atoms with Gasteiger partial charge in [-0.2, -0.15) is 10.2 Å². The molecule has 0 radical (unpaired) electrons. The van der Waals surface area contributed by atoms with Gasteiger partial charge in [-0.1, -0.05) is 91.0 Å². The Labute approximate surface area is 313 Å². The zero-order valence-electron chi connectivity index (χ0n) is 29.9. The van der Waals surface area contributed by atoms with E-state index in [-0.39, 0.29) is 30.1 Å². The van der Waals surface area contributed by atoms with Crippen molar-refractivity contribution in [3.8, 4) is 11.5 Å². The van der Waals surface area contributed by atoms with E-state index in [2.05, 4.69) is 10.4 Å². The molecular weight excluding hydrogens is 683 g/mol. The maximum atomic E-state index is 13.7. The molecule has 2 aliphatic heterocycles. The van der Waals surface area contributed by atoms with Gasteiger partial charge >= 0.3 is 5.97 Å². The minimum Gasteiger partial charge on any atom is -0.497 e. The molecule has 0 saturated carbocycles. The molecule has 11 heteroatoms. The second-order valence-electron chi connectivity index (χ2n) is 12.8. The molecule has 2 aliphatic rings. The molecule has 5 aromatic carbocycles. The number of hydrazone groups is 2. The summed E-state index contributed by atoms with van der Waals surface area (Å²) < 4.78 is 16.1. The number of benzene rings is 5. The monoisotopic (exact) mass is 721 g/mol. The highest BCUT2D eigenvalue weighted by atomic mass is 16.5. The van der Waals surface area contributed by atoms with Crippen LogP contribution in [0.3, 0.4) is 0 Å². The van der Waals surface area contributed by atoms with Crippen LogP contribution in [0.5, 0.6) is 11.5 Å². The van der Waals surface area contributed by atoms with Crippen molar-refractivity contribution < 1.29 is 28.6 Å². The molecule has 0 aromatic heterocycles. The maximum Gasteiger partial charge on any atom is 0.338 e. The van der Waals surface area contributed by atoms with Crippen molar-refractivity contribution in [2.24, 2.45) is 10.2 Å². The van der Waals surface area contributed by atoms with Gasteiger partial charge < -0.3 is 19.5 Å². The first-order valence-corrected chi connectivity index (χ1v) is 17.6. The number of carbonyl (C=O) groups is 3. The van der Waals surface area contributed by atoms with E-state index in [0.29, 0.717) is 24.3 Å². The van der Waals surface area contributed by atoms with Crippen LogP contribution in [0.1, 0.15) is 57.5 Å². The van der Waals surface area contributed by atoms with Crippen molar-refractivity contribution in [1.82, 2.24) is 10.0 Å². The Morgan fingerprint density at radius 3 is 1.63 bits per heavy atom. The summed E-state index contributed by atoms with van der Waals surface area (Å²) in [4.78, 5) is 40.5. The zero-order chi connectivity index (χ0) is 37.4. The summed E-state index contributed by atoms with van der Waals surface area (Å²) in [6.07, 6.45) is 1.05. The Balaban J connectivity index is 1.01. The highest BCUT2D eigenvalue weighted by Gasteiger charge is 2.35. The molecule has 0 spiro atoms. The predicted octanol–water partition coefficient (Wildman–Crippen LogP) is 7.03. The van der Waals surface area contributed by atoms with Gasteiger partial charge in [0, 0.05) is 18.5 Å². The first kappa shape index (κ1) is 35.6. The van der Waals surface area contributed by atoms with Gasteiger partial charge in [-0.3, -0.25) is 9.59 Å². The summed E-state index contributed by atoms with van der Waals surface area (Å²) in [5.41, 5.74) is 6.01. The molecule has 11 nitrogen and oxygen atoms in total. The lowest BCUT2D eigenvalue weighted by Crippen LogP contribution is -2.32. The van der Waals surface area contributed by atoms with Crippen LogP contribution in [0.25, 0.3) is 0 Å². The van der Waals surface area contributed by atoms with Crippen LogP contribution in [0.2, 0.25) is 0 Å². The summed E-state index contributed by atoms with van der Waals surface area (Å²) >= 11 is 0. The summed E-state index contributed by atoms with van der Waals surface area (Å²) in [6.45, 7) is -0.574. The lowest BCUT2D eigenvalue weighted by atomic mass is 9.98. The van der Waals surface area contributed by atoms with Crippen molar-refractivity contribution in [2.75, 3.05) is 32.7 Å². The number of amides is 2. The number of carbonyl (C=O) groups excluding carboxylic acids is 3. The number of esters is 1. The van der Waals surface area contributed by atoms with Crippen molar-refractivity contribution in [1.29, 1.82) is 0 Å². The number of nitrogens with one attached hydrogen (secondary N) is 1. The lowest BCUT2D eigenvalue weighted by Gasteiger charge is -2.23. The SMILES string of the molecule is COc1ccc([C@@H]2CC(c3ccccc3)=NN2C(=O)CNc2cccc(C(=O)OCC(=O)N3N=C(c4ccccc4)C[C@H]3c3ccc(OC)cc3)c2)cc1. The Kier molecular flexibility index (Phi) is 10.8. The minimum absolute atomic E-state index is 0.0708. The topological polar surface area (TPSA) is 122 Å². The molecule has 2 heterocycles. The molecule has 54 heavy (non-hydrogen) atoms. The van der Waals surface area contributed by atoms with E-state index < -0.39 is 18.5 Å². The third-order valence-electron chi connectivity index (χ3n) is 9.42. The lowest BCUT2D eigenvalue weighted by molar-refractivity contribution is -0.136. The molecule has 5 aromatic rings. The van der Waals surface area contributed by atoms with Gasteiger partial charge in [0.2, 0.25) is 0 Å². The van der Waals surface area contributed by atoms with Crippen LogP contribution in [0.4, 0.5) is 5.69 Å². The first-order chi connectivity index (χ1) is 26.4. The van der Waals surface area contributed by atoms with Crippen LogP contribution in [-0.2, 0) is 14.3 Å². The second-order valence-corrected chi connectivity index (χ2v) is 12.8. The van der Waals surface area contributed by atoms with E-state index in [4.69, 9.17) is 19.3 Å². The van der Waals surface area contributed by atoms with E-state index in [9.17, 15) is 14.4 Å². The van der Waals surface area contributed by atoms with Crippen LogP contribution in [0, 0.1) is 0 Å². The van der Waals surface area contributed by atoms with Crippen LogP contribution < -0.4 is 14.8 Å². The van der Waals surface area contributed by atoms with E-state index >= 15 is 0 Å². The first-order valence-electron chi connectivity index (χ1n) is 17.6. The van der Waals surface area contributed by atoms with Crippen LogP contribution >= 0.6 is 0 Å². The van der Waals surface area contributed by atoms with Crippen LogP contribution in [-0.4, -0.2) is 66.6 Å². The standard InChI is InChI=1S/C43H39N5O6/c1-52-35-20-16-31(17-21-35)39-25-37(29-10-5-3-6-11-29)45-47(39)41(49)27-44-34-15-9-14-33(24-34)43(51)54-28-42(50)48-40(32-18-22-36(53-2)23-19-32)26-38(46-48)30-12-7-4-8-13-30/h3-24,39-40,44H,25-28H2,1-2H3/t39-,40-/m0/s1. The van der Waals surface area contributed by atoms with Crippen molar-refractivity contribution in [3.63, 3.8) is 0 Å². The number of anilines is 1. The summed E-state index contributed by atoms with van der Waals surface area (Å²) in [5.74, 6) is 0.0494. The fraction of sp³-hybridized carbons (Fsp3) is 0.186. The van der Waals surface area contributed by atoms with E-state index in [1.54, 1.807) is 38.5 Å². The summed E-state index contributed by atoms with van der Waals surface area (Å²) in [6, 6.07) is 40.5. The van der Waals surface area contributed by atoms with Crippen molar-refractivity contribution >= 4 is 34.9 Å². The molecule has 0 aliphatic carbocycles. The van der Waals surface area contributed by atoms with Crippen LogP contribution in [0.15, 0.2) is 144 Å². The Morgan fingerprint density at radius 1 is 0.630 bits per heavy atom. The Morgan fingerprint density at radius 2 is 1.13 bits per heavy atom.